The Morgan fingerprint density at radius 2 is 1.93 bits per heavy atom. The topological polar surface area (TPSA) is 35.5 Å². The number of esters is 1. The Bertz CT molecular complexity index is 199. The molecule has 82 valence electrons. The molecule has 3 nitrogen and oxygen atoms in total. The molecule has 0 N–H and O–H groups in total. The van der Waals surface area contributed by atoms with Gasteiger partial charge < -0.3 is 9.47 Å². The minimum Gasteiger partial charge on any atom is -0.460 e. The largest absolute Gasteiger partial charge is 0.460 e. The third-order valence-corrected chi connectivity index (χ3v) is 2.24. The maximum absolute atomic E-state index is 11.5. The number of carbonyl (C=O) groups is 1. The van der Waals surface area contributed by atoms with Crippen LogP contribution in [-0.2, 0) is 14.3 Å². The molecule has 0 radical (unpaired) electrons. The van der Waals surface area contributed by atoms with Crippen LogP contribution in [0.2, 0.25) is 0 Å². The Balaban J connectivity index is 2.23. The van der Waals surface area contributed by atoms with E-state index in [0.29, 0.717) is 0 Å². The van der Waals surface area contributed by atoms with Crippen LogP contribution in [0.25, 0.3) is 0 Å². The van der Waals surface area contributed by atoms with Crippen LogP contribution >= 0.6 is 0 Å². The van der Waals surface area contributed by atoms with Gasteiger partial charge in [-0.05, 0) is 40.5 Å². The van der Waals surface area contributed by atoms with Crippen molar-refractivity contribution >= 4 is 5.97 Å². The third-order valence-electron chi connectivity index (χ3n) is 2.24. The molecule has 0 bridgehead atoms. The smallest absolute Gasteiger partial charge is 0.309 e. The van der Waals surface area contributed by atoms with E-state index >= 15 is 0 Å². The maximum atomic E-state index is 11.5. The van der Waals surface area contributed by atoms with Gasteiger partial charge in [-0.25, -0.2) is 0 Å². The lowest BCUT2D eigenvalue weighted by Crippen LogP contribution is -2.40. The van der Waals surface area contributed by atoms with E-state index in [1.807, 2.05) is 27.7 Å². The molecule has 0 saturated heterocycles. The second-order valence-corrected chi connectivity index (χ2v) is 4.78. The first-order valence-corrected chi connectivity index (χ1v) is 5.27. The number of hydrogen-bond donors (Lipinski definition) is 0. The first kappa shape index (κ1) is 11.5. The van der Waals surface area contributed by atoms with Gasteiger partial charge in [-0.1, -0.05) is 0 Å². The predicted molar refractivity (Wildman–Crippen MR) is 54.0 cm³/mol. The van der Waals surface area contributed by atoms with Crippen molar-refractivity contribution < 1.29 is 14.3 Å². The number of ether oxygens (including phenoxy) is 2. The van der Waals surface area contributed by atoms with Gasteiger partial charge in [0.1, 0.15) is 5.60 Å². The summed E-state index contributed by atoms with van der Waals surface area (Å²) in [5.74, 6) is -0.0146. The quantitative estimate of drug-likeness (QED) is 0.655. The number of rotatable bonds is 3. The summed E-state index contributed by atoms with van der Waals surface area (Å²) in [5, 5.41) is 0. The normalized spacial score (nSPS) is 26.9. The molecular formula is C11H20O3. The van der Waals surface area contributed by atoms with Crippen LogP contribution in [0.15, 0.2) is 0 Å². The van der Waals surface area contributed by atoms with Crippen molar-refractivity contribution in [2.45, 2.75) is 52.2 Å². The van der Waals surface area contributed by atoms with Gasteiger partial charge in [-0.2, -0.15) is 0 Å². The van der Waals surface area contributed by atoms with Gasteiger partial charge in [0.05, 0.1) is 12.0 Å². The molecule has 14 heavy (non-hydrogen) atoms. The van der Waals surface area contributed by atoms with Crippen LogP contribution in [0.1, 0.15) is 40.5 Å². The summed E-state index contributed by atoms with van der Waals surface area (Å²) in [6, 6.07) is 0. The zero-order valence-electron chi connectivity index (χ0n) is 9.50. The molecule has 1 aliphatic carbocycles. The predicted octanol–water partition coefficient (Wildman–Crippen LogP) is 2.14. The van der Waals surface area contributed by atoms with Crippen LogP contribution in [0, 0.1) is 5.92 Å². The standard InChI is InChI=1S/C11H20O3/c1-5-13-9-6-8(7-9)10(12)14-11(2,3)4/h8-9H,5-7H2,1-4H3. The molecular weight excluding hydrogens is 180 g/mol. The van der Waals surface area contributed by atoms with Crippen molar-refractivity contribution in [2.75, 3.05) is 6.61 Å². The summed E-state index contributed by atoms with van der Waals surface area (Å²) in [6.45, 7) is 8.38. The molecule has 0 aromatic rings. The lowest BCUT2D eigenvalue weighted by Gasteiger charge is -2.34. The van der Waals surface area contributed by atoms with E-state index in [0.717, 1.165) is 19.4 Å². The molecule has 0 atom stereocenters. The highest BCUT2D eigenvalue weighted by molar-refractivity contribution is 5.74. The molecule has 0 amide bonds. The van der Waals surface area contributed by atoms with Crippen LogP contribution in [0.5, 0.6) is 0 Å². The lowest BCUT2D eigenvalue weighted by atomic mass is 9.82. The van der Waals surface area contributed by atoms with E-state index in [9.17, 15) is 4.79 Å². The highest BCUT2D eigenvalue weighted by Crippen LogP contribution is 2.32. The van der Waals surface area contributed by atoms with Crippen LogP contribution in [0.3, 0.4) is 0 Å². The second-order valence-electron chi connectivity index (χ2n) is 4.78. The Hall–Kier alpha value is -0.570. The Morgan fingerprint density at radius 3 is 2.36 bits per heavy atom. The second kappa shape index (κ2) is 4.30. The van der Waals surface area contributed by atoms with Gasteiger partial charge in [0.15, 0.2) is 0 Å². The van der Waals surface area contributed by atoms with E-state index in [1.54, 1.807) is 0 Å². The molecule has 1 aliphatic rings. The average molecular weight is 200 g/mol. The fourth-order valence-corrected chi connectivity index (χ4v) is 1.51. The van der Waals surface area contributed by atoms with Crippen molar-refractivity contribution in [3.05, 3.63) is 0 Å². The summed E-state index contributed by atoms with van der Waals surface area (Å²) in [4.78, 5) is 11.5. The molecule has 0 aromatic heterocycles. The zero-order chi connectivity index (χ0) is 10.8. The first-order chi connectivity index (χ1) is 6.42. The fourth-order valence-electron chi connectivity index (χ4n) is 1.51. The van der Waals surface area contributed by atoms with Gasteiger partial charge in [-0.15, -0.1) is 0 Å². The van der Waals surface area contributed by atoms with Crippen molar-refractivity contribution in [1.29, 1.82) is 0 Å². The molecule has 3 heteroatoms. The van der Waals surface area contributed by atoms with Gasteiger partial charge in [0.25, 0.3) is 0 Å². The Labute approximate surface area is 85.8 Å². The van der Waals surface area contributed by atoms with Crippen molar-refractivity contribution in [3.8, 4) is 0 Å². The third kappa shape index (κ3) is 3.29. The fraction of sp³-hybridized carbons (Fsp3) is 0.909. The summed E-state index contributed by atoms with van der Waals surface area (Å²) in [5.41, 5.74) is -0.367. The van der Waals surface area contributed by atoms with E-state index in [2.05, 4.69) is 0 Å². The van der Waals surface area contributed by atoms with E-state index in [1.165, 1.54) is 0 Å². The molecule has 0 heterocycles. The zero-order valence-corrected chi connectivity index (χ0v) is 9.50. The average Bonchev–Trinajstić information content (AvgIpc) is 1.91. The van der Waals surface area contributed by atoms with Gasteiger partial charge in [0.2, 0.25) is 0 Å². The summed E-state index contributed by atoms with van der Waals surface area (Å²) >= 11 is 0. The van der Waals surface area contributed by atoms with E-state index in [-0.39, 0.29) is 23.6 Å². The summed E-state index contributed by atoms with van der Waals surface area (Å²) in [6.07, 6.45) is 1.92. The molecule has 0 spiro atoms. The minimum atomic E-state index is -0.367. The van der Waals surface area contributed by atoms with Crippen LogP contribution < -0.4 is 0 Å². The molecule has 0 aromatic carbocycles. The number of carbonyl (C=O) groups excluding carboxylic acids is 1. The van der Waals surface area contributed by atoms with Crippen LogP contribution in [-0.4, -0.2) is 24.3 Å². The van der Waals surface area contributed by atoms with Gasteiger partial charge in [-0.3, -0.25) is 4.79 Å². The maximum Gasteiger partial charge on any atom is 0.309 e. The minimum absolute atomic E-state index is 0.0609. The Morgan fingerprint density at radius 1 is 1.36 bits per heavy atom. The highest BCUT2D eigenvalue weighted by Gasteiger charge is 2.37. The van der Waals surface area contributed by atoms with E-state index in [4.69, 9.17) is 9.47 Å². The molecule has 1 rings (SSSR count). The summed E-state index contributed by atoms with van der Waals surface area (Å²) < 4.78 is 10.7. The number of hydrogen-bond acceptors (Lipinski definition) is 3. The first-order valence-electron chi connectivity index (χ1n) is 5.27. The molecule has 1 fully saturated rings. The Kier molecular flexibility index (Phi) is 3.53. The monoisotopic (exact) mass is 200 g/mol. The van der Waals surface area contributed by atoms with Crippen molar-refractivity contribution in [2.24, 2.45) is 5.92 Å². The SMILES string of the molecule is CCOC1CC(C(=O)OC(C)(C)C)C1. The highest BCUT2D eigenvalue weighted by atomic mass is 16.6. The van der Waals surface area contributed by atoms with Crippen molar-refractivity contribution in [1.82, 2.24) is 0 Å². The van der Waals surface area contributed by atoms with E-state index < -0.39 is 0 Å². The lowest BCUT2D eigenvalue weighted by molar-refractivity contribution is -0.168. The molecule has 0 aliphatic heterocycles. The van der Waals surface area contributed by atoms with Gasteiger partial charge >= 0.3 is 5.97 Å². The molecule has 1 saturated carbocycles. The van der Waals surface area contributed by atoms with Crippen molar-refractivity contribution in [3.63, 3.8) is 0 Å². The van der Waals surface area contributed by atoms with Gasteiger partial charge in [0, 0.05) is 6.61 Å². The molecule has 0 unspecified atom stereocenters. The summed E-state index contributed by atoms with van der Waals surface area (Å²) in [7, 11) is 0. The van der Waals surface area contributed by atoms with Crippen LogP contribution in [0.4, 0.5) is 0 Å².